The number of esters is 1. The molecule has 8 rings (SSSR count). The number of rotatable bonds is 10. The Kier molecular flexibility index (Phi) is 15.7. The largest absolute Gasteiger partial charge is 0.464 e. The average Bonchev–Trinajstić information content (AvgIpc) is 3.94. The number of likely N-dealkylation sites (N-methyl/N-ethyl adjacent to an activating group) is 1. The Hall–Kier alpha value is -6.31. The maximum atomic E-state index is 15.0. The van der Waals surface area contributed by atoms with Crippen LogP contribution in [0.4, 0.5) is 13.6 Å². The van der Waals surface area contributed by atoms with E-state index in [2.05, 4.69) is 28.8 Å². The molecule has 17 nitrogen and oxygen atoms in total. The van der Waals surface area contributed by atoms with Gasteiger partial charge in [-0.1, -0.05) is 40.3 Å². The topological polar surface area (TPSA) is 181 Å². The number of hydrazine groups is 1. The molecule has 4 aromatic rings. The lowest BCUT2D eigenvalue weighted by atomic mass is 9.84. The quantitative estimate of drug-likeness (QED) is 0.124. The van der Waals surface area contributed by atoms with Gasteiger partial charge in [0.25, 0.3) is 12.3 Å². The van der Waals surface area contributed by atoms with Crippen LogP contribution in [0.15, 0.2) is 61.3 Å². The SMILES string of the molecule is C=CC(=O)N1COC2(CCN(C(=O)N(C)[C@H](C(=O)NC3Cc4cc(C(F)F)cc(n4)-c4ccc5c(c4)c(c(-c4cccnc4[C@H](C)OC)n5CC)CC(C)(C)COC(=O)[C@@H]4CCCN(N4)C3=O)C(C)C)CC2)C1. The number of urea groups is 1. The number of benzene rings is 1. The molecule has 0 radical (unpaired) electrons. The number of carbonyl (C=O) groups is 5. The Balaban J connectivity index is 1.17. The number of aromatic nitrogens is 3. The fraction of sp³-hybridized carbons (Fsp3) is 0.537. The summed E-state index contributed by atoms with van der Waals surface area (Å²) in [7, 11) is 3.18. The van der Waals surface area contributed by atoms with E-state index >= 15 is 8.78 Å². The van der Waals surface area contributed by atoms with Crippen molar-refractivity contribution in [3.8, 4) is 22.5 Å². The zero-order valence-corrected chi connectivity index (χ0v) is 43.2. The van der Waals surface area contributed by atoms with Gasteiger partial charge in [-0.05, 0) is 99.9 Å². The summed E-state index contributed by atoms with van der Waals surface area (Å²) >= 11 is 0. The van der Waals surface area contributed by atoms with Crippen molar-refractivity contribution in [1.82, 2.24) is 45.0 Å². The number of ether oxygens (including phenoxy) is 3. The smallest absolute Gasteiger partial charge is 0.324 e. The molecule has 3 aromatic heterocycles. The lowest BCUT2D eigenvalue weighted by Crippen LogP contribution is -2.62. The molecule has 1 aromatic carbocycles. The number of cyclic esters (lactones) is 1. The van der Waals surface area contributed by atoms with E-state index in [1.807, 2.05) is 51.1 Å². The van der Waals surface area contributed by atoms with Gasteiger partial charge < -0.3 is 38.8 Å². The van der Waals surface area contributed by atoms with E-state index in [0.29, 0.717) is 63.8 Å². The van der Waals surface area contributed by atoms with Crippen LogP contribution in [-0.4, -0.2) is 141 Å². The molecule has 4 aliphatic heterocycles. The first-order chi connectivity index (χ1) is 34.8. The van der Waals surface area contributed by atoms with E-state index in [4.69, 9.17) is 24.2 Å². The number of hydrogen-bond acceptors (Lipinski definition) is 11. The van der Waals surface area contributed by atoms with Crippen LogP contribution in [0.3, 0.4) is 0 Å². The van der Waals surface area contributed by atoms with E-state index in [9.17, 15) is 24.0 Å². The first-order valence-corrected chi connectivity index (χ1v) is 25.3. The highest BCUT2D eigenvalue weighted by atomic mass is 19.3. The predicted molar refractivity (Wildman–Crippen MR) is 270 cm³/mol. The van der Waals surface area contributed by atoms with Gasteiger partial charge in [-0.3, -0.25) is 34.2 Å². The van der Waals surface area contributed by atoms with Crippen molar-refractivity contribution in [2.75, 3.05) is 53.7 Å². The lowest BCUT2D eigenvalue weighted by Gasteiger charge is -2.41. The molecule has 4 aliphatic rings. The highest BCUT2D eigenvalue weighted by molar-refractivity contribution is 5.96. The standard InChI is InChI=1S/C54H69F2N9O8/c1-10-44(66)63-29-54(73-31-63)18-22-62(23-19-54)52(70)61(8)46(32(3)4)49(67)59-42-27-36-24-35(48(55)56)26-41(58-36)34-16-17-43-38(25-34)39(47(64(43)11-2)37-14-12-20-57-45(37)33(5)71-9)28-53(6,7)30-72-51(69)40-15-13-21-65(60-40)50(42)68/h10,12,14,16-17,20,24-26,32-33,40,42,46,48,60H,1,11,13,15,18-19,21-23,27-31H2,2-9H3,(H,59,67)/t33-,40-,42?,46-/m0/s1. The predicted octanol–water partition coefficient (Wildman–Crippen LogP) is 6.99. The molecule has 1 spiro atoms. The molecule has 6 bridgehead atoms. The summed E-state index contributed by atoms with van der Waals surface area (Å²) < 4.78 is 50.2. The molecule has 4 atom stereocenters. The fourth-order valence-electron chi connectivity index (χ4n) is 10.9. The maximum absolute atomic E-state index is 15.0. The van der Waals surface area contributed by atoms with Crippen molar-refractivity contribution in [3.63, 3.8) is 0 Å². The van der Waals surface area contributed by atoms with Gasteiger partial charge in [-0.2, -0.15) is 0 Å². The molecule has 73 heavy (non-hydrogen) atoms. The highest BCUT2D eigenvalue weighted by Gasteiger charge is 2.45. The van der Waals surface area contributed by atoms with E-state index in [-0.39, 0.29) is 55.3 Å². The van der Waals surface area contributed by atoms with Gasteiger partial charge in [0.05, 0.1) is 41.9 Å². The van der Waals surface area contributed by atoms with Gasteiger partial charge >= 0.3 is 12.0 Å². The molecule has 0 aliphatic carbocycles. The number of alkyl halides is 2. The molecule has 3 saturated heterocycles. The third-order valence-electron chi connectivity index (χ3n) is 14.8. The summed E-state index contributed by atoms with van der Waals surface area (Å²) in [6, 6.07) is 8.52. The van der Waals surface area contributed by atoms with Crippen LogP contribution >= 0.6 is 0 Å². The van der Waals surface area contributed by atoms with Gasteiger partial charge in [-0.15, -0.1) is 0 Å². The number of pyridine rings is 2. The molecule has 3 fully saturated rings. The molecular formula is C54H69F2N9O8. The van der Waals surface area contributed by atoms with Crippen molar-refractivity contribution >= 4 is 40.6 Å². The lowest BCUT2D eigenvalue weighted by molar-refractivity contribution is -0.155. The molecule has 1 unspecified atom stereocenters. The van der Waals surface area contributed by atoms with Gasteiger partial charge in [0, 0.05) is 91.7 Å². The van der Waals surface area contributed by atoms with Crippen LogP contribution in [0.25, 0.3) is 33.4 Å². The Bertz CT molecular complexity index is 2750. The van der Waals surface area contributed by atoms with E-state index in [0.717, 1.165) is 33.4 Å². The van der Waals surface area contributed by atoms with Gasteiger partial charge in [-0.25, -0.2) is 19.0 Å². The van der Waals surface area contributed by atoms with Gasteiger partial charge in [0.15, 0.2) is 0 Å². The number of hydrogen-bond donors (Lipinski definition) is 2. The van der Waals surface area contributed by atoms with Crippen molar-refractivity contribution < 1.29 is 47.0 Å². The molecule has 0 saturated carbocycles. The third kappa shape index (κ3) is 11.0. The van der Waals surface area contributed by atoms with Crippen molar-refractivity contribution in [2.24, 2.45) is 11.3 Å². The second-order valence-corrected chi connectivity index (χ2v) is 21.0. The molecule has 2 N–H and O–H groups in total. The Morgan fingerprint density at radius 1 is 1.07 bits per heavy atom. The van der Waals surface area contributed by atoms with Crippen LogP contribution in [0.1, 0.15) is 102 Å². The zero-order valence-electron chi connectivity index (χ0n) is 43.2. The third-order valence-corrected chi connectivity index (χ3v) is 14.8. The first kappa shape index (κ1) is 53.0. The number of fused-ring (bicyclic) bond motifs is 6. The number of halogens is 2. The minimum Gasteiger partial charge on any atom is -0.464 e. The molecule has 7 heterocycles. The summed E-state index contributed by atoms with van der Waals surface area (Å²) in [6.45, 7) is 17.2. The fourth-order valence-corrected chi connectivity index (χ4v) is 10.9. The van der Waals surface area contributed by atoms with Crippen LogP contribution in [0.5, 0.6) is 0 Å². The summed E-state index contributed by atoms with van der Waals surface area (Å²) in [4.78, 5) is 84.3. The van der Waals surface area contributed by atoms with Crippen LogP contribution in [0.2, 0.25) is 0 Å². The van der Waals surface area contributed by atoms with Crippen LogP contribution in [-0.2, 0) is 52.8 Å². The van der Waals surface area contributed by atoms with Gasteiger partial charge in [0.2, 0.25) is 11.8 Å². The second kappa shape index (κ2) is 21.6. The number of aryl methyl sites for hydroxylation is 1. The Morgan fingerprint density at radius 3 is 2.51 bits per heavy atom. The van der Waals surface area contributed by atoms with E-state index in [1.54, 1.807) is 44.0 Å². The molecule has 19 heteroatoms. The molecular weight excluding hydrogens is 941 g/mol. The number of nitrogens with one attached hydrogen (secondary N) is 2. The van der Waals surface area contributed by atoms with Gasteiger partial charge in [0.1, 0.15) is 24.9 Å². The van der Waals surface area contributed by atoms with Crippen molar-refractivity contribution in [1.29, 1.82) is 0 Å². The normalized spacial score (nSPS) is 21.0. The number of likely N-dealkylation sites (tertiary alicyclic amines) is 1. The maximum Gasteiger partial charge on any atom is 0.324 e. The average molecular weight is 1010 g/mol. The summed E-state index contributed by atoms with van der Waals surface area (Å²) in [6.07, 6.45) is 1.64. The number of amides is 5. The number of carbonyl (C=O) groups excluding carboxylic acids is 5. The highest BCUT2D eigenvalue weighted by Crippen LogP contribution is 2.42. The number of nitrogens with zero attached hydrogens (tertiary/aromatic N) is 7. The summed E-state index contributed by atoms with van der Waals surface area (Å²) in [5, 5.41) is 5.05. The van der Waals surface area contributed by atoms with Crippen LogP contribution < -0.4 is 10.7 Å². The number of piperidine rings is 1. The number of methoxy groups -OCH3 is 1. The van der Waals surface area contributed by atoms with Crippen molar-refractivity contribution in [2.45, 2.75) is 123 Å². The summed E-state index contributed by atoms with van der Waals surface area (Å²) in [5.74, 6) is -2.46. The Labute approximate surface area is 425 Å². The van der Waals surface area contributed by atoms with E-state index in [1.165, 1.54) is 28.1 Å². The second-order valence-electron chi connectivity index (χ2n) is 21.0. The molecule has 5 amide bonds. The minimum atomic E-state index is -2.90. The van der Waals surface area contributed by atoms with E-state index < -0.39 is 65.3 Å². The first-order valence-electron chi connectivity index (χ1n) is 25.3. The minimum absolute atomic E-state index is 0.0363. The molecule has 392 valence electrons. The summed E-state index contributed by atoms with van der Waals surface area (Å²) in [5.41, 5.74) is 6.82. The van der Waals surface area contributed by atoms with Crippen LogP contribution in [0, 0.1) is 11.3 Å². The zero-order chi connectivity index (χ0) is 52.5. The van der Waals surface area contributed by atoms with Crippen molar-refractivity contribution in [3.05, 3.63) is 83.8 Å². The Morgan fingerprint density at radius 2 is 1.82 bits per heavy atom. The monoisotopic (exact) mass is 1010 g/mol.